The van der Waals surface area contributed by atoms with Gasteiger partial charge in [0.05, 0.1) is 12.7 Å². The maximum absolute atomic E-state index is 9.40. The largest absolute Gasteiger partial charge is 0.394 e. The molecule has 1 fully saturated rings. The highest BCUT2D eigenvalue weighted by atomic mass is 16.3. The fraction of sp³-hybridized carbons (Fsp3) is 0.778. The first kappa shape index (κ1) is 7.32. The predicted molar refractivity (Wildman–Crippen MR) is 41.9 cm³/mol. The van der Waals surface area contributed by atoms with Crippen LogP contribution in [-0.2, 0) is 0 Å². The van der Waals surface area contributed by atoms with E-state index in [2.05, 4.69) is 12.2 Å². The van der Waals surface area contributed by atoms with Crippen LogP contribution in [0.1, 0.15) is 12.8 Å². The summed E-state index contributed by atoms with van der Waals surface area (Å²) < 4.78 is 0. The molecule has 0 amide bonds. The fourth-order valence-electron chi connectivity index (χ4n) is 2.40. The molecule has 0 radical (unpaired) electrons. The Bertz CT molecular complexity index is 176. The lowest BCUT2D eigenvalue weighted by Crippen LogP contribution is -2.27. The molecule has 3 unspecified atom stereocenters. The third-order valence-electron chi connectivity index (χ3n) is 3.01. The van der Waals surface area contributed by atoms with Crippen molar-refractivity contribution in [2.24, 2.45) is 17.8 Å². The lowest BCUT2D eigenvalue weighted by molar-refractivity contribution is 0.0374. The van der Waals surface area contributed by atoms with E-state index >= 15 is 0 Å². The molecular weight excluding hydrogens is 140 g/mol. The number of hydrogen-bond acceptors (Lipinski definition) is 2. The van der Waals surface area contributed by atoms with Crippen molar-refractivity contribution in [3.05, 3.63) is 12.2 Å². The smallest absolute Gasteiger partial charge is 0.0804 e. The Kier molecular flexibility index (Phi) is 1.74. The van der Waals surface area contributed by atoms with Crippen molar-refractivity contribution in [1.29, 1.82) is 0 Å². The van der Waals surface area contributed by atoms with Crippen LogP contribution in [0.5, 0.6) is 0 Å². The van der Waals surface area contributed by atoms with Crippen LogP contribution < -0.4 is 0 Å². The number of hydrogen-bond donors (Lipinski definition) is 2. The lowest BCUT2D eigenvalue weighted by atomic mass is 9.89. The Morgan fingerprint density at radius 3 is 2.64 bits per heavy atom. The highest BCUT2D eigenvalue weighted by molar-refractivity contribution is 5.11. The minimum Gasteiger partial charge on any atom is -0.394 e. The molecule has 0 aromatic heterocycles. The summed E-state index contributed by atoms with van der Waals surface area (Å²) in [6.07, 6.45) is 6.21. The zero-order valence-corrected chi connectivity index (χ0v) is 6.48. The summed E-state index contributed by atoms with van der Waals surface area (Å²) in [6, 6.07) is 0. The molecule has 4 atom stereocenters. The Balaban J connectivity index is 2.02. The summed E-state index contributed by atoms with van der Waals surface area (Å²) >= 11 is 0. The van der Waals surface area contributed by atoms with Gasteiger partial charge in [-0.15, -0.1) is 0 Å². The summed E-state index contributed by atoms with van der Waals surface area (Å²) in [6.45, 7) is -0.0816. The Labute approximate surface area is 66.5 Å². The van der Waals surface area contributed by atoms with E-state index in [-0.39, 0.29) is 6.61 Å². The predicted octanol–water partition coefficient (Wildman–Crippen LogP) is 0.552. The summed E-state index contributed by atoms with van der Waals surface area (Å²) in [5.41, 5.74) is 0. The van der Waals surface area contributed by atoms with Gasteiger partial charge in [0.25, 0.3) is 0 Å². The monoisotopic (exact) mass is 154 g/mol. The van der Waals surface area contributed by atoms with Gasteiger partial charge >= 0.3 is 0 Å². The van der Waals surface area contributed by atoms with Crippen molar-refractivity contribution in [2.45, 2.75) is 18.9 Å². The van der Waals surface area contributed by atoms with Gasteiger partial charge < -0.3 is 10.2 Å². The molecule has 0 aliphatic heterocycles. The Hall–Kier alpha value is -0.340. The molecule has 2 bridgehead atoms. The van der Waals surface area contributed by atoms with Crippen LogP contribution in [-0.4, -0.2) is 22.9 Å². The molecule has 0 aromatic rings. The minimum absolute atomic E-state index is 0.0816. The Morgan fingerprint density at radius 1 is 1.36 bits per heavy atom. The highest BCUT2D eigenvalue weighted by Crippen LogP contribution is 2.44. The van der Waals surface area contributed by atoms with Crippen molar-refractivity contribution in [3.63, 3.8) is 0 Å². The van der Waals surface area contributed by atoms with Gasteiger partial charge in [0.2, 0.25) is 0 Å². The minimum atomic E-state index is -0.491. The molecule has 0 saturated heterocycles. The second-order valence-corrected chi connectivity index (χ2v) is 3.69. The number of aliphatic hydroxyl groups is 2. The van der Waals surface area contributed by atoms with Gasteiger partial charge in [-0.1, -0.05) is 12.2 Å². The normalized spacial score (nSPS) is 43.3. The summed E-state index contributed by atoms with van der Waals surface area (Å²) in [5.74, 6) is 1.56. The van der Waals surface area contributed by atoms with E-state index < -0.39 is 6.10 Å². The van der Waals surface area contributed by atoms with Gasteiger partial charge in [-0.05, 0) is 30.6 Å². The van der Waals surface area contributed by atoms with Crippen LogP contribution in [0.25, 0.3) is 0 Å². The molecule has 2 aliphatic carbocycles. The number of aliphatic hydroxyl groups excluding tert-OH is 2. The zero-order chi connectivity index (χ0) is 7.84. The molecular formula is C9H14O2. The van der Waals surface area contributed by atoms with Crippen molar-refractivity contribution >= 4 is 0 Å². The number of fused-ring (bicyclic) bond motifs is 2. The standard InChI is InChI=1S/C9H14O2/c10-5-9(11)8-4-6-1-2-7(8)3-6/h1-2,6-11H,3-5H2/t6?,7?,8?,9-/m0/s1. The average molecular weight is 154 g/mol. The molecule has 0 spiro atoms. The molecule has 62 valence electrons. The summed E-state index contributed by atoms with van der Waals surface area (Å²) in [7, 11) is 0. The van der Waals surface area contributed by atoms with E-state index in [1.807, 2.05) is 0 Å². The molecule has 2 heteroatoms. The average Bonchev–Trinajstić information content (AvgIpc) is 2.62. The third kappa shape index (κ3) is 1.10. The second-order valence-electron chi connectivity index (χ2n) is 3.69. The molecule has 1 saturated carbocycles. The van der Waals surface area contributed by atoms with Gasteiger partial charge in [-0.3, -0.25) is 0 Å². The number of allylic oxidation sites excluding steroid dienone is 2. The lowest BCUT2D eigenvalue weighted by Gasteiger charge is -2.22. The van der Waals surface area contributed by atoms with Gasteiger partial charge in [0.1, 0.15) is 0 Å². The summed E-state index contributed by atoms with van der Waals surface area (Å²) in [5, 5.41) is 18.1. The van der Waals surface area contributed by atoms with E-state index in [1.165, 1.54) is 6.42 Å². The maximum Gasteiger partial charge on any atom is 0.0804 e. The molecule has 2 N–H and O–H groups in total. The van der Waals surface area contributed by atoms with Crippen LogP contribution in [0.15, 0.2) is 12.2 Å². The van der Waals surface area contributed by atoms with Gasteiger partial charge in [0.15, 0.2) is 0 Å². The van der Waals surface area contributed by atoms with E-state index in [4.69, 9.17) is 5.11 Å². The van der Waals surface area contributed by atoms with Crippen molar-refractivity contribution in [2.75, 3.05) is 6.61 Å². The van der Waals surface area contributed by atoms with Crippen molar-refractivity contribution < 1.29 is 10.2 Å². The molecule has 11 heavy (non-hydrogen) atoms. The van der Waals surface area contributed by atoms with Gasteiger partial charge in [-0.2, -0.15) is 0 Å². The van der Waals surface area contributed by atoms with Crippen LogP contribution in [0.3, 0.4) is 0 Å². The summed E-state index contributed by atoms with van der Waals surface area (Å²) in [4.78, 5) is 0. The first-order valence-corrected chi connectivity index (χ1v) is 4.28. The van der Waals surface area contributed by atoms with Crippen LogP contribution in [0.4, 0.5) is 0 Å². The van der Waals surface area contributed by atoms with E-state index in [0.29, 0.717) is 17.8 Å². The van der Waals surface area contributed by atoms with Gasteiger partial charge in [0, 0.05) is 0 Å². The first-order chi connectivity index (χ1) is 5.31. The quantitative estimate of drug-likeness (QED) is 0.570. The third-order valence-corrected chi connectivity index (χ3v) is 3.01. The van der Waals surface area contributed by atoms with Crippen LogP contribution in [0, 0.1) is 17.8 Å². The topological polar surface area (TPSA) is 40.5 Å². The van der Waals surface area contributed by atoms with E-state index in [0.717, 1.165) is 6.42 Å². The fourth-order valence-corrected chi connectivity index (χ4v) is 2.40. The van der Waals surface area contributed by atoms with Crippen molar-refractivity contribution in [1.82, 2.24) is 0 Å². The SMILES string of the molecule is OC[C@H](O)C1CC2C=CC1C2. The molecule has 2 rings (SSSR count). The highest BCUT2D eigenvalue weighted by Gasteiger charge is 2.38. The second kappa shape index (κ2) is 2.61. The number of rotatable bonds is 2. The Morgan fingerprint density at radius 2 is 2.18 bits per heavy atom. The zero-order valence-electron chi connectivity index (χ0n) is 6.48. The van der Waals surface area contributed by atoms with Gasteiger partial charge in [-0.25, -0.2) is 0 Å². The maximum atomic E-state index is 9.40. The first-order valence-electron chi connectivity index (χ1n) is 4.28. The van der Waals surface area contributed by atoms with Crippen LogP contribution >= 0.6 is 0 Å². The van der Waals surface area contributed by atoms with E-state index in [9.17, 15) is 5.11 Å². The molecule has 0 aromatic carbocycles. The van der Waals surface area contributed by atoms with E-state index in [1.54, 1.807) is 0 Å². The van der Waals surface area contributed by atoms with Crippen molar-refractivity contribution in [3.8, 4) is 0 Å². The molecule has 0 heterocycles. The van der Waals surface area contributed by atoms with Crippen LogP contribution in [0.2, 0.25) is 0 Å². The molecule has 2 nitrogen and oxygen atoms in total. The molecule has 2 aliphatic rings.